The van der Waals surface area contributed by atoms with Crippen molar-refractivity contribution >= 4 is 5.91 Å². The van der Waals surface area contributed by atoms with E-state index in [9.17, 15) is 4.79 Å². The molecule has 3 heteroatoms. The second kappa shape index (κ2) is 5.42. The molecule has 1 fully saturated rings. The molecular weight excluding hydrogens is 226 g/mol. The first-order chi connectivity index (χ1) is 8.73. The molecule has 1 atom stereocenters. The number of hydrogen-bond acceptors (Lipinski definition) is 2. The minimum Gasteiger partial charge on any atom is -0.497 e. The van der Waals surface area contributed by atoms with Crippen LogP contribution in [0.5, 0.6) is 5.75 Å². The number of methoxy groups -OCH3 is 1. The molecule has 0 spiro atoms. The van der Waals surface area contributed by atoms with E-state index in [1.165, 1.54) is 0 Å². The number of carbonyl (C=O) groups is 1. The zero-order valence-corrected chi connectivity index (χ0v) is 11.2. The molecule has 1 saturated heterocycles. The largest absolute Gasteiger partial charge is 0.497 e. The van der Waals surface area contributed by atoms with Gasteiger partial charge in [0.05, 0.1) is 12.5 Å². The van der Waals surface area contributed by atoms with Crippen LogP contribution >= 0.6 is 0 Å². The summed E-state index contributed by atoms with van der Waals surface area (Å²) < 4.78 is 5.27. The minimum atomic E-state index is -0.384. The fourth-order valence-electron chi connectivity index (χ4n) is 2.77. The number of hydrogen-bond donors (Lipinski definition) is 1. The van der Waals surface area contributed by atoms with Crippen LogP contribution in [0.4, 0.5) is 0 Å². The number of carbonyl (C=O) groups excluding carboxylic acids is 1. The first-order valence-corrected chi connectivity index (χ1v) is 6.66. The van der Waals surface area contributed by atoms with Crippen molar-refractivity contribution in [3.63, 3.8) is 0 Å². The summed E-state index contributed by atoms with van der Waals surface area (Å²) >= 11 is 0. The number of ether oxygens (including phenoxy) is 1. The van der Waals surface area contributed by atoms with E-state index in [1.807, 2.05) is 24.3 Å². The van der Waals surface area contributed by atoms with Crippen molar-refractivity contribution in [2.75, 3.05) is 13.7 Å². The summed E-state index contributed by atoms with van der Waals surface area (Å²) in [5.41, 5.74) is 0.689. The lowest BCUT2D eigenvalue weighted by atomic mass is 9.74. The third-order valence-corrected chi connectivity index (χ3v) is 3.98. The van der Waals surface area contributed by atoms with E-state index in [-0.39, 0.29) is 11.3 Å². The minimum absolute atomic E-state index is 0.163. The molecule has 0 unspecified atom stereocenters. The van der Waals surface area contributed by atoms with Gasteiger partial charge in [0.2, 0.25) is 5.91 Å². The van der Waals surface area contributed by atoms with Crippen LogP contribution in [-0.2, 0) is 10.2 Å². The molecule has 1 aliphatic rings. The third kappa shape index (κ3) is 2.22. The SMILES string of the molecule is CC[C@@]1(c2cccc(OC)c2)CCCCNC1=O. The predicted molar refractivity (Wildman–Crippen MR) is 71.8 cm³/mol. The van der Waals surface area contributed by atoms with Crippen LogP contribution in [0.2, 0.25) is 0 Å². The van der Waals surface area contributed by atoms with Crippen molar-refractivity contribution in [2.24, 2.45) is 0 Å². The monoisotopic (exact) mass is 247 g/mol. The second-order valence-electron chi connectivity index (χ2n) is 4.88. The molecule has 0 bridgehead atoms. The number of nitrogens with one attached hydrogen (secondary N) is 1. The van der Waals surface area contributed by atoms with Gasteiger partial charge in [-0.3, -0.25) is 4.79 Å². The molecule has 0 radical (unpaired) electrons. The van der Waals surface area contributed by atoms with E-state index in [0.29, 0.717) is 0 Å². The van der Waals surface area contributed by atoms with Gasteiger partial charge in [-0.15, -0.1) is 0 Å². The van der Waals surface area contributed by atoms with Crippen molar-refractivity contribution in [1.82, 2.24) is 5.32 Å². The van der Waals surface area contributed by atoms with Crippen LogP contribution in [0.1, 0.15) is 38.2 Å². The molecule has 1 aromatic carbocycles. The molecule has 0 aliphatic carbocycles. The summed E-state index contributed by atoms with van der Waals surface area (Å²) in [4.78, 5) is 12.4. The molecule has 3 nitrogen and oxygen atoms in total. The van der Waals surface area contributed by atoms with Crippen LogP contribution < -0.4 is 10.1 Å². The van der Waals surface area contributed by atoms with Gasteiger partial charge in [0.1, 0.15) is 5.75 Å². The Morgan fingerprint density at radius 1 is 1.39 bits per heavy atom. The lowest BCUT2D eigenvalue weighted by molar-refractivity contribution is -0.126. The van der Waals surface area contributed by atoms with Crippen LogP contribution in [-0.4, -0.2) is 19.6 Å². The molecule has 1 N–H and O–H groups in total. The smallest absolute Gasteiger partial charge is 0.230 e. The van der Waals surface area contributed by atoms with Crippen molar-refractivity contribution in [1.29, 1.82) is 0 Å². The van der Waals surface area contributed by atoms with Crippen LogP contribution in [0, 0.1) is 0 Å². The molecule has 98 valence electrons. The Morgan fingerprint density at radius 2 is 2.22 bits per heavy atom. The highest BCUT2D eigenvalue weighted by molar-refractivity contribution is 5.88. The highest BCUT2D eigenvalue weighted by Crippen LogP contribution is 2.36. The Balaban J connectivity index is 2.43. The first-order valence-electron chi connectivity index (χ1n) is 6.66. The zero-order chi connectivity index (χ0) is 13.0. The maximum absolute atomic E-state index is 12.4. The van der Waals surface area contributed by atoms with Crippen LogP contribution in [0.15, 0.2) is 24.3 Å². The third-order valence-electron chi connectivity index (χ3n) is 3.98. The standard InChI is InChI=1S/C15H21NO2/c1-3-15(9-4-5-10-16-14(15)17)12-7-6-8-13(11-12)18-2/h6-8,11H,3-5,9-10H2,1-2H3,(H,16,17)/t15-/m0/s1. The van der Waals surface area contributed by atoms with Crippen molar-refractivity contribution in [3.8, 4) is 5.75 Å². The van der Waals surface area contributed by atoms with Gasteiger partial charge < -0.3 is 10.1 Å². The number of amides is 1. The van der Waals surface area contributed by atoms with E-state index in [0.717, 1.165) is 43.5 Å². The maximum atomic E-state index is 12.4. The molecule has 0 saturated carbocycles. The van der Waals surface area contributed by atoms with Crippen molar-refractivity contribution in [3.05, 3.63) is 29.8 Å². The van der Waals surface area contributed by atoms with E-state index < -0.39 is 0 Å². The normalized spacial score (nSPS) is 24.2. The van der Waals surface area contributed by atoms with Crippen LogP contribution in [0.25, 0.3) is 0 Å². The number of rotatable bonds is 3. The van der Waals surface area contributed by atoms with E-state index >= 15 is 0 Å². The average Bonchev–Trinajstić information content (AvgIpc) is 2.61. The predicted octanol–water partition coefficient (Wildman–Crippen LogP) is 2.64. The van der Waals surface area contributed by atoms with Gasteiger partial charge in [0.15, 0.2) is 0 Å². The molecule has 1 amide bonds. The summed E-state index contributed by atoms with van der Waals surface area (Å²) in [6.45, 7) is 2.88. The number of benzene rings is 1. The summed E-state index contributed by atoms with van der Waals surface area (Å²) in [5, 5.41) is 3.04. The van der Waals surface area contributed by atoms with E-state index in [1.54, 1.807) is 7.11 Å². The molecule has 2 rings (SSSR count). The van der Waals surface area contributed by atoms with Gasteiger partial charge >= 0.3 is 0 Å². The highest BCUT2D eigenvalue weighted by Gasteiger charge is 2.39. The quantitative estimate of drug-likeness (QED) is 0.891. The molecular formula is C15H21NO2. The second-order valence-corrected chi connectivity index (χ2v) is 4.88. The van der Waals surface area contributed by atoms with Gasteiger partial charge in [-0.2, -0.15) is 0 Å². The van der Waals surface area contributed by atoms with E-state index in [2.05, 4.69) is 12.2 Å². The Hall–Kier alpha value is -1.51. The van der Waals surface area contributed by atoms with Gasteiger partial charge in [-0.05, 0) is 37.0 Å². The fourth-order valence-corrected chi connectivity index (χ4v) is 2.77. The van der Waals surface area contributed by atoms with Crippen molar-refractivity contribution in [2.45, 2.75) is 38.0 Å². The summed E-state index contributed by atoms with van der Waals surface area (Å²) in [6, 6.07) is 7.91. The lowest BCUT2D eigenvalue weighted by Gasteiger charge is -2.30. The zero-order valence-electron chi connectivity index (χ0n) is 11.2. The molecule has 0 aromatic heterocycles. The molecule has 1 aliphatic heterocycles. The summed E-state index contributed by atoms with van der Waals surface area (Å²) in [6.07, 6.45) is 3.90. The highest BCUT2D eigenvalue weighted by atomic mass is 16.5. The Kier molecular flexibility index (Phi) is 3.90. The first kappa shape index (κ1) is 12.9. The summed E-state index contributed by atoms with van der Waals surface area (Å²) in [7, 11) is 1.66. The van der Waals surface area contributed by atoms with Crippen molar-refractivity contribution < 1.29 is 9.53 Å². The van der Waals surface area contributed by atoms with Gasteiger partial charge in [0.25, 0.3) is 0 Å². The lowest BCUT2D eigenvalue weighted by Crippen LogP contribution is -2.42. The van der Waals surface area contributed by atoms with Gasteiger partial charge in [-0.1, -0.05) is 25.5 Å². The van der Waals surface area contributed by atoms with Gasteiger partial charge in [-0.25, -0.2) is 0 Å². The topological polar surface area (TPSA) is 38.3 Å². The molecule has 18 heavy (non-hydrogen) atoms. The Labute approximate surface area is 109 Å². The summed E-state index contributed by atoms with van der Waals surface area (Å²) in [5.74, 6) is 0.980. The molecule has 1 aromatic rings. The van der Waals surface area contributed by atoms with Gasteiger partial charge in [0, 0.05) is 6.54 Å². The Morgan fingerprint density at radius 3 is 2.94 bits per heavy atom. The maximum Gasteiger partial charge on any atom is 0.230 e. The fraction of sp³-hybridized carbons (Fsp3) is 0.533. The van der Waals surface area contributed by atoms with Crippen LogP contribution in [0.3, 0.4) is 0 Å². The van der Waals surface area contributed by atoms with E-state index in [4.69, 9.17) is 4.74 Å². The average molecular weight is 247 g/mol. The molecule has 1 heterocycles. The Bertz CT molecular complexity index is 430.